The van der Waals surface area contributed by atoms with Gasteiger partial charge in [-0.15, -0.1) is 0 Å². The van der Waals surface area contributed by atoms with E-state index in [1.165, 1.54) is 38.8 Å². The SMILES string of the molecule is CC(CN1CCCC1)NC(=O)CC(N)C1CC1. The van der Waals surface area contributed by atoms with Gasteiger partial charge in [-0.1, -0.05) is 0 Å². The van der Waals surface area contributed by atoms with Crippen molar-refractivity contribution in [1.29, 1.82) is 0 Å². The minimum Gasteiger partial charge on any atom is -0.352 e. The third kappa shape index (κ3) is 4.28. The second-order valence-corrected chi connectivity index (χ2v) is 5.68. The molecule has 1 aliphatic carbocycles. The normalized spacial score (nSPS) is 24.6. The summed E-state index contributed by atoms with van der Waals surface area (Å²) in [5, 5.41) is 3.06. The summed E-state index contributed by atoms with van der Waals surface area (Å²) in [6.07, 6.45) is 5.50. The van der Waals surface area contributed by atoms with Crippen LogP contribution >= 0.6 is 0 Å². The highest BCUT2D eigenvalue weighted by molar-refractivity contribution is 5.76. The number of hydrogen-bond donors (Lipinski definition) is 2. The number of nitrogens with one attached hydrogen (secondary N) is 1. The molecule has 0 aromatic carbocycles. The van der Waals surface area contributed by atoms with E-state index in [-0.39, 0.29) is 18.0 Å². The molecule has 3 N–H and O–H groups in total. The van der Waals surface area contributed by atoms with Crippen LogP contribution < -0.4 is 11.1 Å². The smallest absolute Gasteiger partial charge is 0.221 e. The first-order valence-electron chi connectivity index (χ1n) is 6.92. The maximum absolute atomic E-state index is 11.8. The third-order valence-corrected chi connectivity index (χ3v) is 3.79. The first kappa shape index (κ1) is 12.8. The van der Waals surface area contributed by atoms with Gasteiger partial charge in [0, 0.05) is 25.0 Å². The van der Waals surface area contributed by atoms with Crippen LogP contribution in [0.1, 0.15) is 39.0 Å². The largest absolute Gasteiger partial charge is 0.352 e. The van der Waals surface area contributed by atoms with Crippen LogP contribution in [0.2, 0.25) is 0 Å². The van der Waals surface area contributed by atoms with E-state index in [2.05, 4.69) is 17.1 Å². The molecule has 2 unspecified atom stereocenters. The zero-order valence-electron chi connectivity index (χ0n) is 10.8. The van der Waals surface area contributed by atoms with Crippen LogP contribution in [0.4, 0.5) is 0 Å². The van der Waals surface area contributed by atoms with Gasteiger partial charge in [-0.25, -0.2) is 0 Å². The molecule has 17 heavy (non-hydrogen) atoms. The lowest BCUT2D eigenvalue weighted by Crippen LogP contribution is -2.43. The van der Waals surface area contributed by atoms with Crippen LogP contribution in [0.5, 0.6) is 0 Å². The van der Waals surface area contributed by atoms with Gasteiger partial charge < -0.3 is 16.0 Å². The van der Waals surface area contributed by atoms with Crippen LogP contribution in [-0.2, 0) is 4.79 Å². The highest BCUT2D eigenvalue weighted by atomic mass is 16.1. The molecule has 98 valence electrons. The van der Waals surface area contributed by atoms with Gasteiger partial charge in [0.25, 0.3) is 0 Å². The van der Waals surface area contributed by atoms with E-state index >= 15 is 0 Å². The number of carbonyl (C=O) groups excluding carboxylic acids is 1. The minimum absolute atomic E-state index is 0.0778. The molecule has 2 aliphatic rings. The van der Waals surface area contributed by atoms with Crippen molar-refractivity contribution in [2.45, 2.75) is 51.1 Å². The van der Waals surface area contributed by atoms with Crippen molar-refractivity contribution in [3.63, 3.8) is 0 Å². The Morgan fingerprint density at radius 3 is 2.65 bits per heavy atom. The number of nitrogens with zero attached hydrogens (tertiary/aromatic N) is 1. The first-order chi connectivity index (χ1) is 8.15. The van der Waals surface area contributed by atoms with Crippen molar-refractivity contribution in [2.24, 2.45) is 11.7 Å². The Hall–Kier alpha value is -0.610. The molecule has 0 aromatic rings. The summed E-state index contributed by atoms with van der Waals surface area (Å²) in [5.74, 6) is 0.728. The average molecular weight is 239 g/mol. The average Bonchev–Trinajstić information content (AvgIpc) is 2.99. The molecule has 1 amide bonds. The molecule has 2 rings (SSSR count). The van der Waals surface area contributed by atoms with E-state index in [1.807, 2.05) is 0 Å². The van der Waals surface area contributed by atoms with Gasteiger partial charge in [-0.2, -0.15) is 0 Å². The second-order valence-electron chi connectivity index (χ2n) is 5.68. The lowest BCUT2D eigenvalue weighted by Gasteiger charge is -2.21. The van der Waals surface area contributed by atoms with Crippen molar-refractivity contribution < 1.29 is 4.79 Å². The second kappa shape index (κ2) is 5.83. The molecule has 2 atom stereocenters. The Morgan fingerprint density at radius 1 is 1.41 bits per heavy atom. The summed E-state index contributed by atoms with van der Waals surface area (Å²) in [6.45, 7) is 5.42. The van der Waals surface area contributed by atoms with Crippen LogP contribution in [0.3, 0.4) is 0 Å². The summed E-state index contributed by atoms with van der Waals surface area (Å²) in [5.41, 5.74) is 5.95. The predicted octanol–water partition coefficient (Wildman–Crippen LogP) is 0.714. The molecule has 1 heterocycles. The number of nitrogens with two attached hydrogens (primary N) is 1. The number of likely N-dealkylation sites (tertiary alicyclic amines) is 1. The van der Waals surface area contributed by atoms with E-state index in [1.54, 1.807) is 0 Å². The minimum atomic E-state index is 0.0778. The maximum atomic E-state index is 11.8. The molecule has 0 aromatic heterocycles. The van der Waals surface area contributed by atoms with Gasteiger partial charge in [0.05, 0.1) is 0 Å². The topological polar surface area (TPSA) is 58.4 Å². The highest BCUT2D eigenvalue weighted by Gasteiger charge is 2.30. The van der Waals surface area contributed by atoms with E-state index in [0.717, 1.165) is 6.54 Å². The summed E-state index contributed by atoms with van der Waals surface area (Å²) in [7, 11) is 0. The molecule has 0 radical (unpaired) electrons. The van der Waals surface area contributed by atoms with Crippen molar-refractivity contribution in [2.75, 3.05) is 19.6 Å². The Balaban J connectivity index is 1.62. The van der Waals surface area contributed by atoms with Crippen molar-refractivity contribution in [1.82, 2.24) is 10.2 Å². The van der Waals surface area contributed by atoms with E-state index < -0.39 is 0 Å². The van der Waals surface area contributed by atoms with Crippen LogP contribution in [0, 0.1) is 5.92 Å². The molecular weight excluding hydrogens is 214 g/mol. The van der Waals surface area contributed by atoms with Crippen molar-refractivity contribution >= 4 is 5.91 Å². The molecule has 0 spiro atoms. The zero-order chi connectivity index (χ0) is 12.3. The maximum Gasteiger partial charge on any atom is 0.221 e. The number of amides is 1. The van der Waals surface area contributed by atoms with E-state index in [9.17, 15) is 4.79 Å². The lowest BCUT2D eigenvalue weighted by molar-refractivity contribution is -0.122. The first-order valence-corrected chi connectivity index (χ1v) is 6.92. The molecule has 1 aliphatic heterocycles. The predicted molar refractivity (Wildman–Crippen MR) is 68.6 cm³/mol. The fraction of sp³-hybridized carbons (Fsp3) is 0.923. The van der Waals surface area contributed by atoms with Gasteiger partial charge in [0.15, 0.2) is 0 Å². The summed E-state index contributed by atoms with van der Waals surface area (Å²) in [6, 6.07) is 0.320. The van der Waals surface area contributed by atoms with Crippen molar-refractivity contribution in [3.05, 3.63) is 0 Å². The monoisotopic (exact) mass is 239 g/mol. The van der Waals surface area contributed by atoms with Crippen LogP contribution in [0.15, 0.2) is 0 Å². The van der Waals surface area contributed by atoms with Gasteiger partial charge in [0.1, 0.15) is 0 Å². The highest BCUT2D eigenvalue weighted by Crippen LogP contribution is 2.32. The molecule has 1 saturated carbocycles. The Morgan fingerprint density at radius 2 is 2.06 bits per heavy atom. The van der Waals surface area contributed by atoms with Crippen LogP contribution in [-0.4, -0.2) is 42.5 Å². The molecule has 1 saturated heterocycles. The van der Waals surface area contributed by atoms with Gasteiger partial charge in [-0.3, -0.25) is 4.79 Å². The number of hydrogen-bond acceptors (Lipinski definition) is 3. The number of rotatable bonds is 6. The summed E-state index contributed by atoms with van der Waals surface area (Å²) in [4.78, 5) is 14.2. The van der Waals surface area contributed by atoms with Crippen molar-refractivity contribution in [3.8, 4) is 0 Å². The standard InChI is InChI=1S/C13H25N3O/c1-10(9-16-6-2-3-7-16)15-13(17)8-12(14)11-4-5-11/h10-12H,2-9,14H2,1H3,(H,15,17). The summed E-state index contributed by atoms with van der Waals surface area (Å²) < 4.78 is 0. The zero-order valence-corrected chi connectivity index (χ0v) is 10.8. The van der Waals surface area contributed by atoms with Gasteiger partial charge >= 0.3 is 0 Å². The number of carbonyl (C=O) groups is 1. The van der Waals surface area contributed by atoms with Crippen LogP contribution in [0.25, 0.3) is 0 Å². The fourth-order valence-electron chi connectivity index (χ4n) is 2.64. The molecule has 4 nitrogen and oxygen atoms in total. The Bertz CT molecular complexity index is 259. The third-order valence-electron chi connectivity index (χ3n) is 3.79. The van der Waals surface area contributed by atoms with E-state index in [4.69, 9.17) is 5.73 Å². The fourth-order valence-corrected chi connectivity index (χ4v) is 2.64. The van der Waals surface area contributed by atoms with Gasteiger partial charge in [0.2, 0.25) is 5.91 Å². The molecular formula is C13H25N3O. The molecule has 4 heteroatoms. The molecule has 2 fully saturated rings. The molecule has 0 bridgehead atoms. The lowest BCUT2D eigenvalue weighted by atomic mass is 10.1. The Kier molecular flexibility index (Phi) is 4.40. The van der Waals surface area contributed by atoms with E-state index in [0.29, 0.717) is 12.3 Å². The Labute approximate surface area is 104 Å². The summed E-state index contributed by atoms with van der Waals surface area (Å²) >= 11 is 0. The van der Waals surface area contributed by atoms with Gasteiger partial charge in [-0.05, 0) is 51.6 Å². The quantitative estimate of drug-likeness (QED) is 0.718.